The molecule has 1 N–H and O–H groups in total. The molecule has 2 rings (SSSR count). The minimum Gasteiger partial charge on any atom is -0.392 e. The number of aliphatic hydroxyl groups excluding tert-OH is 1. The van der Waals surface area contributed by atoms with Gasteiger partial charge in [-0.2, -0.15) is 0 Å². The van der Waals surface area contributed by atoms with Crippen molar-refractivity contribution in [2.24, 2.45) is 0 Å². The van der Waals surface area contributed by atoms with Crippen LogP contribution >= 0.6 is 27.5 Å². The summed E-state index contributed by atoms with van der Waals surface area (Å²) < 4.78 is 0.993. The Morgan fingerprint density at radius 3 is 2.84 bits per heavy atom. The number of likely N-dealkylation sites (tertiary alicyclic amines) is 1. The van der Waals surface area contributed by atoms with E-state index in [9.17, 15) is 5.11 Å². The molecule has 106 valence electrons. The van der Waals surface area contributed by atoms with E-state index in [1.165, 1.54) is 0 Å². The van der Waals surface area contributed by atoms with E-state index in [0.29, 0.717) is 6.04 Å². The van der Waals surface area contributed by atoms with Gasteiger partial charge in [-0.3, -0.25) is 4.90 Å². The third-order valence-corrected chi connectivity index (χ3v) is 4.32. The van der Waals surface area contributed by atoms with E-state index in [2.05, 4.69) is 39.8 Å². The summed E-state index contributed by atoms with van der Waals surface area (Å²) in [4.78, 5) is 4.48. The second-order valence-electron chi connectivity index (χ2n) is 5.47. The van der Waals surface area contributed by atoms with E-state index >= 15 is 0 Å². The van der Waals surface area contributed by atoms with Crippen LogP contribution < -0.4 is 0 Å². The van der Waals surface area contributed by atoms with Gasteiger partial charge in [0.15, 0.2) is 0 Å². The average Bonchev–Trinajstić information content (AvgIpc) is 2.62. The molecule has 1 heterocycles. The molecule has 0 bridgehead atoms. The van der Waals surface area contributed by atoms with Gasteiger partial charge in [-0.25, -0.2) is 0 Å². The summed E-state index contributed by atoms with van der Waals surface area (Å²) in [5.41, 5.74) is 1.11. The van der Waals surface area contributed by atoms with Gasteiger partial charge >= 0.3 is 0 Å². The van der Waals surface area contributed by atoms with Gasteiger partial charge in [0, 0.05) is 35.2 Å². The van der Waals surface area contributed by atoms with Crippen LogP contribution in [0.2, 0.25) is 5.02 Å². The number of likely N-dealkylation sites (N-methyl/N-ethyl adjacent to an activating group) is 1. The van der Waals surface area contributed by atoms with Crippen LogP contribution in [0.3, 0.4) is 0 Å². The second kappa shape index (κ2) is 6.55. The van der Waals surface area contributed by atoms with Crippen LogP contribution in [0.25, 0.3) is 0 Å². The van der Waals surface area contributed by atoms with Crippen molar-refractivity contribution in [3.63, 3.8) is 0 Å². The van der Waals surface area contributed by atoms with Crippen molar-refractivity contribution < 1.29 is 5.11 Å². The Bertz CT molecular complexity index is 441. The van der Waals surface area contributed by atoms with Crippen LogP contribution in [0.5, 0.6) is 0 Å². The van der Waals surface area contributed by atoms with E-state index in [0.717, 1.165) is 41.1 Å². The third-order valence-electron chi connectivity index (χ3n) is 3.47. The first kappa shape index (κ1) is 15.3. The molecule has 0 aromatic heterocycles. The molecule has 0 spiro atoms. The normalized spacial score (nSPS) is 24.3. The van der Waals surface area contributed by atoms with Gasteiger partial charge in [0.1, 0.15) is 0 Å². The zero-order chi connectivity index (χ0) is 14.0. The van der Waals surface area contributed by atoms with Crippen LogP contribution in [0.15, 0.2) is 22.7 Å². The fraction of sp³-hybridized carbons (Fsp3) is 0.571. The molecule has 5 heteroatoms. The topological polar surface area (TPSA) is 26.7 Å². The van der Waals surface area contributed by atoms with Crippen LogP contribution in [0.1, 0.15) is 12.0 Å². The number of benzene rings is 1. The highest BCUT2D eigenvalue weighted by Gasteiger charge is 2.31. The second-order valence-corrected chi connectivity index (χ2v) is 6.79. The summed E-state index contributed by atoms with van der Waals surface area (Å²) in [6, 6.07) is 6.37. The van der Waals surface area contributed by atoms with E-state index in [1.54, 1.807) is 0 Å². The van der Waals surface area contributed by atoms with Crippen molar-refractivity contribution in [2.75, 3.05) is 27.2 Å². The molecule has 1 aliphatic heterocycles. The van der Waals surface area contributed by atoms with Gasteiger partial charge in [0.05, 0.1) is 6.10 Å². The Labute approximate surface area is 128 Å². The number of halogens is 2. The molecular weight excluding hydrogens is 328 g/mol. The van der Waals surface area contributed by atoms with Crippen molar-refractivity contribution in [1.82, 2.24) is 9.80 Å². The molecule has 1 aliphatic rings. The van der Waals surface area contributed by atoms with Crippen molar-refractivity contribution >= 4 is 27.5 Å². The lowest BCUT2D eigenvalue weighted by Gasteiger charge is -2.27. The minimum absolute atomic E-state index is 0.223. The van der Waals surface area contributed by atoms with E-state index in [-0.39, 0.29) is 6.10 Å². The summed E-state index contributed by atoms with van der Waals surface area (Å²) in [6.07, 6.45) is 0.617. The number of hydrogen-bond acceptors (Lipinski definition) is 3. The van der Waals surface area contributed by atoms with Gasteiger partial charge < -0.3 is 10.0 Å². The third kappa shape index (κ3) is 4.17. The Hall–Kier alpha value is -0.130. The Balaban J connectivity index is 2.07. The first-order valence-corrected chi connectivity index (χ1v) is 7.63. The standard InChI is InChI=1S/C14H20BrClN2O/c1-17(2)8-12-6-13(19)9-18(12)7-10-3-4-11(15)5-14(10)16/h3-5,12-13,19H,6-9H2,1-2H3. The van der Waals surface area contributed by atoms with Crippen LogP contribution in [0.4, 0.5) is 0 Å². The van der Waals surface area contributed by atoms with E-state index < -0.39 is 0 Å². The smallest absolute Gasteiger partial charge is 0.0682 e. The number of hydrogen-bond donors (Lipinski definition) is 1. The fourth-order valence-corrected chi connectivity index (χ4v) is 3.36. The van der Waals surface area contributed by atoms with E-state index in [4.69, 9.17) is 11.6 Å². The van der Waals surface area contributed by atoms with Gasteiger partial charge in [-0.05, 0) is 38.2 Å². The SMILES string of the molecule is CN(C)CC1CC(O)CN1Cc1ccc(Br)cc1Cl. The molecule has 0 radical (unpaired) electrons. The van der Waals surface area contributed by atoms with Crippen LogP contribution in [0, 0.1) is 0 Å². The molecule has 0 saturated carbocycles. The average molecular weight is 348 g/mol. The van der Waals surface area contributed by atoms with Crippen molar-refractivity contribution in [3.05, 3.63) is 33.3 Å². The summed E-state index contributed by atoms with van der Waals surface area (Å²) in [5.74, 6) is 0. The summed E-state index contributed by atoms with van der Waals surface area (Å²) in [6.45, 7) is 2.48. The molecule has 2 unspecified atom stereocenters. The van der Waals surface area contributed by atoms with Crippen molar-refractivity contribution in [1.29, 1.82) is 0 Å². The first-order valence-electron chi connectivity index (χ1n) is 6.46. The summed E-state index contributed by atoms with van der Waals surface area (Å²) in [5, 5.41) is 10.7. The zero-order valence-electron chi connectivity index (χ0n) is 11.3. The molecule has 1 aromatic carbocycles. The summed E-state index contributed by atoms with van der Waals surface area (Å²) >= 11 is 9.69. The highest BCUT2D eigenvalue weighted by molar-refractivity contribution is 9.10. The highest BCUT2D eigenvalue weighted by Crippen LogP contribution is 2.26. The Morgan fingerprint density at radius 1 is 1.47 bits per heavy atom. The van der Waals surface area contributed by atoms with Crippen molar-refractivity contribution in [2.45, 2.75) is 25.1 Å². The molecule has 1 fully saturated rings. The Morgan fingerprint density at radius 2 is 2.21 bits per heavy atom. The number of β-amino-alcohol motifs (C(OH)–C–C–N with tert-alkyl or cyclic N) is 1. The molecular formula is C14H20BrClN2O. The predicted molar refractivity (Wildman–Crippen MR) is 82.5 cm³/mol. The maximum Gasteiger partial charge on any atom is 0.0682 e. The van der Waals surface area contributed by atoms with E-state index in [1.807, 2.05) is 18.2 Å². The lowest BCUT2D eigenvalue weighted by atomic mass is 10.1. The largest absolute Gasteiger partial charge is 0.392 e. The molecule has 0 aliphatic carbocycles. The van der Waals surface area contributed by atoms with Gasteiger partial charge in [0.25, 0.3) is 0 Å². The predicted octanol–water partition coefficient (Wildman–Crippen LogP) is 2.60. The monoisotopic (exact) mass is 346 g/mol. The maximum absolute atomic E-state index is 9.87. The minimum atomic E-state index is -0.223. The van der Waals surface area contributed by atoms with Crippen LogP contribution in [-0.4, -0.2) is 54.2 Å². The molecule has 3 nitrogen and oxygen atoms in total. The van der Waals surface area contributed by atoms with Gasteiger partial charge in [-0.15, -0.1) is 0 Å². The Kier molecular flexibility index (Phi) is 5.26. The molecule has 1 aromatic rings. The number of rotatable bonds is 4. The molecule has 0 amide bonds. The first-order chi connectivity index (χ1) is 8.95. The van der Waals surface area contributed by atoms with Gasteiger partial charge in [0.2, 0.25) is 0 Å². The lowest BCUT2D eigenvalue weighted by molar-refractivity contribution is 0.169. The number of aliphatic hydroxyl groups is 1. The number of nitrogens with zero attached hydrogens (tertiary/aromatic N) is 2. The molecule has 1 saturated heterocycles. The van der Waals surface area contributed by atoms with Crippen molar-refractivity contribution in [3.8, 4) is 0 Å². The summed E-state index contributed by atoms with van der Waals surface area (Å²) in [7, 11) is 4.13. The van der Waals surface area contributed by atoms with Crippen LogP contribution in [-0.2, 0) is 6.54 Å². The maximum atomic E-state index is 9.87. The van der Waals surface area contributed by atoms with Gasteiger partial charge in [-0.1, -0.05) is 33.6 Å². The fourth-order valence-electron chi connectivity index (χ4n) is 2.63. The molecule has 2 atom stereocenters. The molecule has 19 heavy (non-hydrogen) atoms. The highest BCUT2D eigenvalue weighted by atomic mass is 79.9. The lowest BCUT2D eigenvalue weighted by Crippen LogP contribution is -2.37. The quantitative estimate of drug-likeness (QED) is 0.907. The zero-order valence-corrected chi connectivity index (χ0v) is 13.7.